The van der Waals surface area contributed by atoms with Gasteiger partial charge < -0.3 is 24.8 Å². The molecule has 16 heavy (non-hydrogen) atoms. The first-order valence-corrected chi connectivity index (χ1v) is 5.56. The molecule has 0 saturated carbocycles. The Morgan fingerprint density at radius 3 is 2.62 bits per heavy atom. The van der Waals surface area contributed by atoms with Gasteiger partial charge in [0, 0.05) is 19.1 Å². The number of aliphatic hydroxyl groups excluding tert-OH is 1. The van der Waals surface area contributed by atoms with Gasteiger partial charge in [0.1, 0.15) is 0 Å². The summed E-state index contributed by atoms with van der Waals surface area (Å²) < 4.78 is 10.3. The van der Waals surface area contributed by atoms with Crippen LogP contribution >= 0.6 is 0 Å². The Kier molecular flexibility index (Phi) is 6.14. The lowest BCUT2D eigenvalue weighted by atomic mass is 10.3. The maximum atomic E-state index is 11.3. The third kappa shape index (κ3) is 4.34. The molecule has 6 nitrogen and oxygen atoms in total. The van der Waals surface area contributed by atoms with Crippen molar-refractivity contribution in [1.29, 1.82) is 0 Å². The number of nitrogens with zero attached hydrogens (tertiary/aromatic N) is 1. The standard InChI is InChI=1S/C10H20N2O4/c1-9-8-11-10(14)12(9)2-4-15-6-7-16-5-3-13/h9,13H,2-8H2,1H3,(H,11,14). The van der Waals surface area contributed by atoms with Crippen molar-refractivity contribution in [3.05, 3.63) is 0 Å². The number of carbonyl (C=O) groups is 1. The van der Waals surface area contributed by atoms with Gasteiger partial charge in [-0.25, -0.2) is 4.79 Å². The van der Waals surface area contributed by atoms with Crippen molar-refractivity contribution >= 4 is 6.03 Å². The van der Waals surface area contributed by atoms with Crippen molar-refractivity contribution in [2.75, 3.05) is 46.1 Å². The highest BCUT2D eigenvalue weighted by Crippen LogP contribution is 2.04. The van der Waals surface area contributed by atoms with E-state index in [-0.39, 0.29) is 18.7 Å². The van der Waals surface area contributed by atoms with Crippen molar-refractivity contribution < 1.29 is 19.4 Å². The van der Waals surface area contributed by atoms with Gasteiger partial charge in [0.05, 0.1) is 33.0 Å². The van der Waals surface area contributed by atoms with Crippen LogP contribution in [0.15, 0.2) is 0 Å². The molecule has 2 N–H and O–H groups in total. The molecule has 0 bridgehead atoms. The van der Waals surface area contributed by atoms with E-state index in [0.717, 1.165) is 0 Å². The van der Waals surface area contributed by atoms with E-state index in [1.54, 1.807) is 4.90 Å². The summed E-state index contributed by atoms with van der Waals surface area (Å²) in [6.45, 7) is 5.17. The van der Waals surface area contributed by atoms with E-state index in [4.69, 9.17) is 14.6 Å². The highest BCUT2D eigenvalue weighted by Gasteiger charge is 2.26. The first kappa shape index (κ1) is 13.2. The van der Waals surface area contributed by atoms with E-state index in [9.17, 15) is 4.79 Å². The van der Waals surface area contributed by atoms with E-state index in [2.05, 4.69) is 5.32 Å². The normalized spacial score (nSPS) is 20.2. The molecule has 0 aromatic rings. The van der Waals surface area contributed by atoms with Gasteiger partial charge in [0.2, 0.25) is 0 Å². The molecule has 0 aromatic heterocycles. The largest absolute Gasteiger partial charge is 0.394 e. The molecule has 1 unspecified atom stereocenters. The number of hydrogen-bond acceptors (Lipinski definition) is 4. The van der Waals surface area contributed by atoms with Crippen molar-refractivity contribution in [2.24, 2.45) is 0 Å². The summed E-state index contributed by atoms with van der Waals surface area (Å²) in [6, 6.07) is 0.217. The van der Waals surface area contributed by atoms with Gasteiger partial charge in [-0.2, -0.15) is 0 Å². The molecule has 0 aromatic carbocycles. The van der Waals surface area contributed by atoms with Crippen LogP contribution < -0.4 is 5.32 Å². The highest BCUT2D eigenvalue weighted by atomic mass is 16.5. The van der Waals surface area contributed by atoms with E-state index in [0.29, 0.717) is 39.5 Å². The zero-order chi connectivity index (χ0) is 11.8. The predicted octanol–water partition coefficient (Wildman–Crippen LogP) is -0.574. The molecule has 6 heteroatoms. The fraction of sp³-hybridized carbons (Fsp3) is 0.900. The van der Waals surface area contributed by atoms with Crippen LogP contribution in [0.25, 0.3) is 0 Å². The number of nitrogens with one attached hydrogen (secondary N) is 1. The zero-order valence-corrected chi connectivity index (χ0v) is 9.65. The smallest absolute Gasteiger partial charge is 0.317 e. The van der Waals surface area contributed by atoms with Crippen LogP contribution in [0.3, 0.4) is 0 Å². The van der Waals surface area contributed by atoms with E-state index in [1.807, 2.05) is 6.92 Å². The molecule has 1 rings (SSSR count). The number of hydrogen-bond donors (Lipinski definition) is 2. The Hall–Kier alpha value is -0.850. The molecule has 1 atom stereocenters. The quantitative estimate of drug-likeness (QED) is 0.550. The average molecular weight is 232 g/mol. The minimum Gasteiger partial charge on any atom is -0.394 e. The Labute approximate surface area is 95.5 Å². The molecule has 1 aliphatic heterocycles. The van der Waals surface area contributed by atoms with Gasteiger partial charge in [0.15, 0.2) is 0 Å². The minimum absolute atomic E-state index is 0.0207. The molecule has 0 radical (unpaired) electrons. The van der Waals surface area contributed by atoms with Crippen LogP contribution in [-0.2, 0) is 9.47 Å². The molecule has 2 amide bonds. The second kappa shape index (κ2) is 7.43. The number of amides is 2. The van der Waals surface area contributed by atoms with Crippen LogP contribution in [0.4, 0.5) is 4.79 Å². The third-order valence-electron chi connectivity index (χ3n) is 2.43. The van der Waals surface area contributed by atoms with Crippen LogP contribution in [-0.4, -0.2) is 68.2 Å². The second-order valence-corrected chi connectivity index (χ2v) is 3.68. The fourth-order valence-corrected chi connectivity index (χ4v) is 1.52. The van der Waals surface area contributed by atoms with Gasteiger partial charge in [0.25, 0.3) is 0 Å². The first-order chi connectivity index (χ1) is 7.75. The van der Waals surface area contributed by atoms with Gasteiger partial charge in [-0.3, -0.25) is 0 Å². The summed E-state index contributed by atoms with van der Waals surface area (Å²) in [7, 11) is 0. The molecule has 94 valence electrons. The molecule has 0 aliphatic carbocycles. The molecular weight excluding hydrogens is 212 g/mol. The van der Waals surface area contributed by atoms with Crippen LogP contribution in [0, 0.1) is 0 Å². The van der Waals surface area contributed by atoms with E-state index in [1.165, 1.54) is 0 Å². The number of ether oxygens (including phenoxy) is 2. The number of carbonyl (C=O) groups excluding carboxylic acids is 1. The zero-order valence-electron chi connectivity index (χ0n) is 9.65. The lowest BCUT2D eigenvalue weighted by molar-refractivity contribution is 0.0284. The molecule has 1 fully saturated rings. The van der Waals surface area contributed by atoms with Crippen molar-refractivity contribution in [3.63, 3.8) is 0 Å². The SMILES string of the molecule is CC1CNC(=O)N1CCOCCOCCO. The monoisotopic (exact) mass is 232 g/mol. The van der Waals surface area contributed by atoms with E-state index >= 15 is 0 Å². The summed E-state index contributed by atoms with van der Waals surface area (Å²) in [5.41, 5.74) is 0. The lowest BCUT2D eigenvalue weighted by Gasteiger charge is -2.19. The molecule has 1 saturated heterocycles. The first-order valence-electron chi connectivity index (χ1n) is 5.56. The summed E-state index contributed by atoms with van der Waals surface area (Å²) >= 11 is 0. The maximum Gasteiger partial charge on any atom is 0.317 e. The Balaban J connectivity index is 1.96. The summed E-state index contributed by atoms with van der Waals surface area (Å²) in [4.78, 5) is 13.1. The Morgan fingerprint density at radius 1 is 1.38 bits per heavy atom. The Morgan fingerprint density at radius 2 is 2.06 bits per heavy atom. The van der Waals surface area contributed by atoms with Gasteiger partial charge in [-0.1, -0.05) is 0 Å². The number of aliphatic hydroxyl groups is 1. The van der Waals surface area contributed by atoms with Crippen LogP contribution in [0.2, 0.25) is 0 Å². The maximum absolute atomic E-state index is 11.3. The molecular formula is C10H20N2O4. The summed E-state index contributed by atoms with van der Waals surface area (Å²) in [5, 5.41) is 11.2. The third-order valence-corrected chi connectivity index (χ3v) is 2.43. The lowest BCUT2D eigenvalue weighted by Crippen LogP contribution is -2.35. The van der Waals surface area contributed by atoms with Crippen LogP contribution in [0.1, 0.15) is 6.92 Å². The number of urea groups is 1. The second-order valence-electron chi connectivity index (χ2n) is 3.68. The van der Waals surface area contributed by atoms with Gasteiger partial charge in [-0.15, -0.1) is 0 Å². The van der Waals surface area contributed by atoms with Crippen molar-refractivity contribution in [2.45, 2.75) is 13.0 Å². The fourth-order valence-electron chi connectivity index (χ4n) is 1.52. The molecule has 1 aliphatic rings. The minimum atomic E-state index is -0.0207. The molecule has 0 spiro atoms. The highest BCUT2D eigenvalue weighted by molar-refractivity contribution is 5.76. The molecule has 1 heterocycles. The van der Waals surface area contributed by atoms with Crippen LogP contribution in [0.5, 0.6) is 0 Å². The summed E-state index contributed by atoms with van der Waals surface area (Å²) in [6.07, 6.45) is 0. The predicted molar refractivity (Wildman–Crippen MR) is 58.3 cm³/mol. The summed E-state index contributed by atoms with van der Waals surface area (Å²) in [5.74, 6) is 0. The van der Waals surface area contributed by atoms with Gasteiger partial charge >= 0.3 is 6.03 Å². The number of rotatable bonds is 8. The van der Waals surface area contributed by atoms with E-state index < -0.39 is 0 Å². The Bertz CT molecular complexity index is 213. The topological polar surface area (TPSA) is 71.0 Å². The van der Waals surface area contributed by atoms with Crippen molar-refractivity contribution in [3.8, 4) is 0 Å². The average Bonchev–Trinajstić information content (AvgIpc) is 2.59. The van der Waals surface area contributed by atoms with Crippen molar-refractivity contribution in [1.82, 2.24) is 10.2 Å². The van der Waals surface area contributed by atoms with Gasteiger partial charge in [-0.05, 0) is 6.92 Å².